The van der Waals surface area contributed by atoms with Crippen molar-refractivity contribution in [3.63, 3.8) is 0 Å². The number of sulfone groups is 1. The summed E-state index contributed by atoms with van der Waals surface area (Å²) in [4.78, 5) is 9.01. The highest BCUT2D eigenvalue weighted by atomic mass is 35.5. The van der Waals surface area contributed by atoms with Crippen LogP contribution in [0.1, 0.15) is 22.4 Å². The van der Waals surface area contributed by atoms with E-state index in [4.69, 9.17) is 11.6 Å². The van der Waals surface area contributed by atoms with Crippen molar-refractivity contribution < 1.29 is 13.5 Å². The van der Waals surface area contributed by atoms with Gasteiger partial charge in [0.1, 0.15) is 22.0 Å². The van der Waals surface area contributed by atoms with Gasteiger partial charge in [-0.2, -0.15) is 0 Å². The summed E-state index contributed by atoms with van der Waals surface area (Å²) in [5.41, 5.74) is 3.49. The van der Waals surface area contributed by atoms with Crippen molar-refractivity contribution in [1.29, 1.82) is 0 Å². The number of para-hydroxylation sites is 1. The standard InChI is InChI=1S/C25H21ClN2O3S2/c1-17-6-8-18(9-7-17)15-33(30,31)16-27-25-22(28-21-4-2-3-5-24(21)32-25)14-23(29)19-10-12-20(26)13-11-19/h2-14,29H,15-16H2,1H3/b23-14-,27-25?. The Kier molecular flexibility index (Phi) is 6.93. The third-order valence-electron chi connectivity index (χ3n) is 4.86. The van der Waals surface area contributed by atoms with Crippen LogP contribution in [0.5, 0.6) is 0 Å². The van der Waals surface area contributed by atoms with Crippen LogP contribution in [0.2, 0.25) is 5.02 Å². The fourth-order valence-electron chi connectivity index (χ4n) is 3.15. The summed E-state index contributed by atoms with van der Waals surface area (Å²) in [6.45, 7) is 1.95. The van der Waals surface area contributed by atoms with E-state index in [-0.39, 0.29) is 17.4 Å². The summed E-state index contributed by atoms with van der Waals surface area (Å²) in [7, 11) is -3.49. The van der Waals surface area contributed by atoms with E-state index in [9.17, 15) is 13.5 Å². The Morgan fingerprint density at radius 3 is 2.48 bits per heavy atom. The van der Waals surface area contributed by atoms with E-state index >= 15 is 0 Å². The molecular weight excluding hydrogens is 476 g/mol. The normalized spacial score (nSPS) is 12.9. The molecular formula is C25H21ClN2O3S2. The molecule has 0 saturated carbocycles. The topological polar surface area (TPSA) is 79.6 Å². The minimum Gasteiger partial charge on any atom is -0.507 e. The number of hydrogen-bond acceptors (Lipinski definition) is 6. The molecule has 4 aromatic rings. The van der Waals surface area contributed by atoms with E-state index < -0.39 is 9.84 Å². The average Bonchev–Trinajstić information content (AvgIpc) is 2.79. The molecule has 0 unspecified atom stereocenters. The third kappa shape index (κ3) is 6.07. The molecule has 1 aromatic heterocycles. The summed E-state index contributed by atoms with van der Waals surface area (Å²) in [5.74, 6) is -0.482. The Balaban J connectivity index is 1.72. The van der Waals surface area contributed by atoms with E-state index in [0.29, 0.717) is 21.0 Å². The summed E-state index contributed by atoms with van der Waals surface area (Å²) in [6.07, 6.45) is 1.50. The van der Waals surface area contributed by atoms with Gasteiger partial charge in [-0.25, -0.2) is 13.4 Å². The van der Waals surface area contributed by atoms with E-state index in [1.807, 2.05) is 55.5 Å². The predicted octanol–water partition coefficient (Wildman–Crippen LogP) is 5.79. The highest BCUT2D eigenvalue weighted by Crippen LogP contribution is 2.19. The van der Waals surface area contributed by atoms with Crippen LogP contribution in [-0.4, -0.2) is 24.4 Å². The van der Waals surface area contributed by atoms with E-state index in [1.165, 1.54) is 17.4 Å². The smallest absolute Gasteiger partial charge is 0.174 e. The zero-order valence-electron chi connectivity index (χ0n) is 17.8. The maximum Gasteiger partial charge on any atom is 0.174 e. The zero-order valence-corrected chi connectivity index (χ0v) is 20.2. The average molecular weight is 497 g/mol. The Labute approximate surface area is 201 Å². The number of hydrogen-bond donors (Lipinski definition) is 1. The SMILES string of the molecule is Cc1ccc(CS(=O)(=O)CN=c2sc3ccccc3nc2/C=C(\O)c2ccc(Cl)cc2)cc1. The molecule has 0 radical (unpaired) electrons. The van der Waals surface area contributed by atoms with Gasteiger partial charge in [-0.1, -0.05) is 53.6 Å². The van der Waals surface area contributed by atoms with Gasteiger partial charge in [0.25, 0.3) is 0 Å². The van der Waals surface area contributed by atoms with Crippen molar-refractivity contribution in [3.8, 4) is 0 Å². The first-order chi connectivity index (χ1) is 15.8. The molecule has 0 amide bonds. The minimum absolute atomic E-state index is 0.0133. The zero-order chi connectivity index (χ0) is 23.4. The maximum absolute atomic E-state index is 12.7. The molecule has 0 spiro atoms. The first-order valence-corrected chi connectivity index (χ1v) is 13.1. The third-order valence-corrected chi connectivity index (χ3v) is 7.50. The molecule has 0 fully saturated rings. The Hall–Kier alpha value is -3.00. The molecule has 168 valence electrons. The predicted molar refractivity (Wildman–Crippen MR) is 136 cm³/mol. The molecule has 33 heavy (non-hydrogen) atoms. The van der Waals surface area contributed by atoms with Crippen molar-refractivity contribution in [2.75, 3.05) is 5.88 Å². The maximum atomic E-state index is 12.7. The van der Waals surface area contributed by atoms with Crippen molar-refractivity contribution in [2.24, 2.45) is 4.99 Å². The number of nitrogens with zero attached hydrogens (tertiary/aromatic N) is 2. The highest BCUT2D eigenvalue weighted by molar-refractivity contribution is 7.90. The van der Waals surface area contributed by atoms with Crippen LogP contribution in [0, 0.1) is 6.92 Å². The van der Waals surface area contributed by atoms with E-state index in [2.05, 4.69) is 9.98 Å². The molecule has 0 saturated heterocycles. The number of aromatic nitrogens is 1. The first kappa shape index (κ1) is 23.2. The number of aryl methyl sites for hydroxylation is 1. The van der Waals surface area contributed by atoms with Gasteiger partial charge in [0.15, 0.2) is 9.84 Å². The highest BCUT2D eigenvalue weighted by Gasteiger charge is 2.12. The molecule has 1 heterocycles. The summed E-state index contributed by atoms with van der Waals surface area (Å²) < 4.78 is 26.7. The second-order valence-electron chi connectivity index (χ2n) is 7.57. The van der Waals surface area contributed by atoms with Crippen molar-refractivity contribution in [3.05, 3.63) is 105 Å². The summed E-state index contributed by atoms with van der Waals surface area (Å²) in [5, 5.41) is 11.2. The lowest BCUT2D eigenvalue weighted by molar-refractivity contribution is 0.515. The minimum atomic E-state index is -3.49. The molecule has 0 bridgehead atoms. The van der Waals surface area contributed by atoms with E-state index in [0.717, 1.165) is 21.3 Å². The summed E-state index contributed by atoms with van der Waals surface area (Å²) >= 11 is 7.26. The van der Waals surface area contributed by atoms with Crippen LogP contribution in [0.25, 0.3) is 22.1 Å². The number of aliphatic hydroxyl groups excluding tert-OH is 1. The van der Waals surface area contributed by atoms with Gasteiger partial charge >= 0.3 is 0 Å². The molecule has 4 rings (SSSR count). The molecule has 0 aliphatic rings. The Morgan fingerprint density at radius 1 is 1.06 bits per heavy atom. The van der Waals surface area contributed by atoms with Crippen LogP contribution < -0.4 is 4.67 Å². The number of aliphatic hydroxyl groups is 1. The molecule has 0 aliphatic heterocycles. The number of fused-ring (bicyclic) bond motifs is 1. The van der Waals surface area contributed by atoms with Crippen LogP contribution >= 0.6 is 22.9 Å². The quantitative estimate of drug-likeness (QED) is 0.343. The monoisotopic (exact) mass is 496 g/mol. The van der Waals surface area contributed by atoms with Gasteiger partial charge in [0.05, 0.1) is 16.0 Å². The molecule has 1 N–H and O–H groups in total. The molecule has 8 heteroatoms. The molecule has 0 atom stereocenters. The van der Waals surface area contributed by atoms with E-state index in [1.54, 1.807) is 24.3 Å². The van der Waals surface area contributed by atoms with Gasteiger partial charge in [-0.3, -0.25) is 4.99 Å². The first-order valence-electron chi connectivity index (χ1n) is 10.1. The lowest BCUT2D eigenvalue weighted by Gasteiger charge is -2.05. The van der Waals surface area contributed by atoms with Crippen molar-refractivity contribution in [1.82, 2.24) is 4.98 Å². The van der Waals surface area contributed by atoms with Crippen LogP contribution in [0.4, 0.5) is 0 Å². The second kappa shape index (κ2) is 9.87. The van der Waals surface area contributed by atoms with Gasteiger partial charge in [-0.05, 0) is 48.9 Å². The van der Waals surface area contributed by atoms with Gasteiger partial charge in [-0.15, -0.1) is 11.3 Å². The number of halogens is 1. The molecule has 5 nitrogen and oxygen atoms in total. The Morgan fingerprint density at radius 2 is 1.76 bits per heavy atom. The lowest BCUT2D eigenvalue weighted by Crippen LogP contribution is -2.13. The van der Waals surface area contributed by atoms with Crippen LogP contribution in [-0.2, 0) is 15.6 Å². The van der Waals surface area contributed by atoms with Gasteiger partial charge in [0, 0.05) is 16.7 Å². The van der Waals surface area contributed by atoms with Gasteiger partial charge < -0.3 is 5.11 Å². The van der Waals surface area contributed by atoms with Crippen molar-refractivity contribution in [2.45, 2.75) is 12.7 Å². The van der Waals surface area contributed by atoms with Crippen LogP contribution in [0.3, 0.4) is 0 Å². The van der Waals surface area contributed by atoms with Gasteiger partial charge in [0.2, 0.25) is 0 Å². The largest absolute Gasteiger partial charge is 0.507 e. The number of benzene rings is 3. The second-order valence-corrected chi connectivity index (χ2v) is 11.1. The summed E-state index contributed by atoms with van der Waals surface area (Å²) in [6, 6.07) is 21.7. The lowest BCUT2D eigenvalue weighted by atomic mass is 10.1. The number of rotatable bonds is 6. The fourth-order valence-corrected chi connectivity index (χ4v) is 5.39. The molecule has 0 aliphatic carbocycles. The molecule has 3 aromatic carbocycles. The van der Waals surface area contributed by atoms with Crippen molar-refractivity contribution >= 4 is 54.8 Å². The fraction of sp³-hybridized carbons (Fsp3) is 0.120. The Bertz CT molecular complexity index is 1490. The van der Waals surface area contributed by atoms with Crippen LogP contribution in [0.15, 0.2) is 77.8 Å².